The van der Waals surface area contributed by atoms with Gasteiger partial charge in [-0.2, -0.15) is 5.26 Å². The minimum Gasteiger partial charge on any atom is -0.481 e. The van der Waals surface area contributed by atoms with Gasteiger partial charge in [0.05, 0.1) is 6.42 Å². The summed E-state index contributed by atoms with van der Waals surface area (Å²) in [5, 5.41) is 17.0. The molecule has 0 unspecified atom stereocenters. The second kappa shape index (κ2) is 4.46. The fourth-order valence-corrected chi connectivity index (χ4v) is 1.08. The number of alkyl halides is 2. The van der Waals surface area contributed by atoms with Gasteiger partial charge in [0, 0.05) is 11.8 Å². The number of carboxylic acid groups (broad SMARTS) is 1. The summed E-state index contributed by atoms with van der Waals surface area (Å²) in [5.41, 5.74) is -0.601. The average Bonchev–Trinajstić information content (AvgIpc) is 2.16. The fraction of sp³-hybridized carbons (Fsp3) is 0.222. The summed E-state index contributed by atoms with van der Waals surface area (Å²) in [6, 6.07) is 2.72. The first-order valence-electron chi connectivity index (χ1n) is 3.93. The van der Waals surface area contributed by atoms with Gasteiger partial charge in [0.2, 0.25) is 0 Å². The second-order valence-electron chi connectivity index (χ2n) is 2.75. The van der Waals surface area contributed by atoms with Crippen molar-refractivity contribution in [3.8, 4) is 6.07 Å². The van der Waals surface area contributed by atoms with Crippen molar-refractivity contribution in [1.29, 1.82) is 5.26 Å². The van der Waals surface area contributed by atoms with Crippen LogP contribution in [0.3, 0.4) is 0 Å². The van der Waals surface area contributed by atoms with E-state index in [4.69, 9.17) is 10.4 Å². The number of pyridine rings is 1. The van der Waals surface area contributed by atoms with Crippen LogP contribution in [-0.4, -0.2) is 16.1 Å². The summed E-state index contributed by atoms with van der Waals surface area (Å²) >= 11 is 0. The number of nitriles is 1. The molecule has 1 aromatic heterocycles. The molecule has 1 heterocycles. The van der Waals surface area contributed by atoms with E-state index in [0.717, 1.165) is 12.3 Å². The molecule has 1 N–H and O–H groups in total. The van der Waals surface area contributed by atoms with E-state index in [0.29, 0.717) is 0 Å². The molecule has 0 radical (unpaired) electrons. The highest BCUT2D eigenvalue weighted by Gasteiger charge is 2.16. The lowest BCUT2D eigenvalue weighted by Crippen LogP contribution is -2.05. The monoisotopic (exact) mass is 212 g/mol. The van der Waals surface area contributed by atoms with Gasteiger partial charge in [-0.1, -0.05) is 0 Å². The Morgan fingerprint density at radius 1 is 1.67 bits per heavy atom. The van der Waals surface area contributed by atoms with Crippen molar-refractivity contribution in [2.45, 2.75) is 12.8 Å². The van der Waals surface area contributed by atoms with E-state index in [9.17, 15) is 13.6 Å². The normalized spacial score (nSPS) is 10.0. The van der Waals surface area contributed by atoms with E-state index in [-0.39, 0.29) is 11.3 Å². The van der Waals surface area contributed by atoms with Crippen LogP contribution in [-0.2, 0) is 11.2 Å². The third-order valence-electron chi connectivity index (χ3n) is 1.72. The molecule has 0 atom stereocenters. The van der Waals surface area contributed by atoms with Gasteiger partial charge in [0.25, 0.3) is 6.43 Å². The second-order valence-corrected chi connectivity index (χ2v) is 2.75. The van der Waals surface area contributed by atoms with Gasteiger partial charge in [-0.25, -0.2) is 13.8 Å². The zero-order valence-corrected chi connectivity index (χ0v) is 7.44. The lowest BCUT2D eigenvalue weighted by molar-refractivity contribution is -0.136. The number of carboxylic acids is 1. The first-order chi connectivity index (χ1) is 7.04. The zero-order valence-electron chi connectivity index (χ0n) is 7.44. The number of aliphatic carboxylic acids is 1. The molecule has 1 aromatic rings. The van der Waals surface area contributed by atoms with Crippen molar-refractivity contribution >= 4 is 5.97 Å². The predicted molar refractivity (Wildman–Crippen MR) is 45.2 cm³/mol. The summed E-state index contributed by atoms with van der Waals surface area (Å²) in [4.78, 5) is 13.8. The first-order valence-corrected chi connectivity index (χ1v) is 3.93. The molecule has 1 rings (SSSR count). The third-order valence-corrected chi connectivity index (χ3v) is 1.72. The summed E-state index contributed by atoms with van der Waals surface area (Å²) < 4.78 is 24.8. The highest BCUT2D eigenvalue weighted by molar-refractivity contribution is 5.70. The molecule has 6 heteroatoms. The van der Waals surface area contributed by atoms with E-state index in [1.54, 1.807) is 6.07 Å². The molecular weight excluding hydrogens is 206 g/mol. The molecule has 0 amide bonds. The highest BCUT2D eigenvalue weighted by Crippen LogP contribution is 2.22. The Hall–Kier alpha value is -2.03. The molecule has 0 aliphatic carbocycles. The Morgan fingerprint density at radius 2 is 2.33 bits per heavy atom. The molecule has 0 saturated carbocycles. The Balaban J connectivity index is 3.17. The number of hydrogen-bond acceptors (Lipinski definition) is 3. The van der Waals surface area contributed by atoms with Crippen LogP contribution in [0.1, 0.15) is 23.2 Å². The SMILES string of the molecule is N#Cc1cc(CC(=O)O)c(C(F)F)cn1. The Bertz CT molecular complexity index is 427. The Morgan fingerprint density at radius 3 is 2.80 bits per heavy atom. The number of carbonyl (C=O) groups is 1. The van der Waals surface area contributed by atoms with Crippen molar-refractivity contribution in [2.24, 2.45) is 0 Å². The van der Waals surface area contributed by atoms with Crippen LogP contribution in [0.4, 0.5) is 8.78 Å². The number of nitrogens with zero attached hydrogens (tertiary/aromatic N) is 2. The van der Waals surface area contributed by atoms with Crippen LogP contribution in [0.15, 0.2) is 12.3 Å². The molecule has 0 aromatic carbocycles. The number of halogens is 2. The molecule has 0 aliphatic rings. The third kappa shape index (κ3) is 2.71. The molecule has 15 heavy (non-hydrogen) atoms. The van der Waals surface area contributed by atoms with Gasteiger partial charge in [0.15, 0.2) is 0 Å². The maximum Gasteiger partial charge on any atom is 0.307 e. The van der Waals surface area contributed by atoms with E-state index in [1.165, 1.54) is 0 Å². The van der Waals surface area contributed by atoms with Crippen LogP contribution < -0.4 is 0 Å². The van der Waals surface area contributed by atoms with Crippen LogP contribution in [0.2, 0.25) is 0 Å². The van der Waals surface area contributed by atoms with Crippen molar-refractivity contribution in [2.75, 3.05) is 0 Å². The van der Waals surface area contributed by atoms with Gasteiger partial charge in [-0.3, -0.25) is 4.79 Å². The molecule has 4 nitrogen and oxygen atoms in total. The first kappa shape index (κ1) is 11.0. The van der Waals surface area contributed by atoms with Gasteiger partial charge in [-0.05, 0) is 11.6 Å². The number of hydrogen-bond donors (Lipinski definition) is 1. The van der Waals surface area contributed by atoms with Crippen LogP contribution >= 0.6 is 0 Å². The fourth-order valence-electron chi connectivity index (χ4n) is 1.08. The van der Waals surface area contributed by atoms with E-state index in [2.05, 4.69) is 4.98 Å². The maximum absolute atomic E-state index is 12.4. The standard InChI is InChI=1S/C9H6F2N2O2/c10-9(11)7-4-13-6(3-12)1-5(7)2-8(14)15/h1,4,9H,2H2,(H,14,15). The van der Waals surface area contributed by atoms with E-state index >= 15 is 0 Å². The zero-order chi connectivity index (χ0) is 11.4. The maximum atomic E-state index is 12.4. The van der Waals surface area contributed by atoms with Crippen LogP contribution in [0.25, 0.3) is 0 Å². The molecule has 0 aliphatic heterocycles. The molecule has 0 fully saturated rings. The minimum atomic E-state index is -2.79. The van der Waals surface area contributed by atoms with Crippen molar-refractivity contribution in [3.05, 3.63) is 29.1 Å². The minimum absolute atomic E-state index is 0.0735. The Kier molecular flexibility index (Phi) is 3.29. The van der Waals surface area contributed by atoms with Crippen LogP contribution in [0, 0.1) is 11.3 Å². The topological polar surface area (TPSA) is 74.0 Å². The summed E-state index contributed by atoms with van der Waals surface area (Å²) in [5.74, 6) is -1.23. The number of aromatic nitrogens is 1. The summed E-state index contributed by atoms with van der Waals surface area (Å²) in [6.07, 6.45) is -2.50. The van der Waals surface area contributed by atoms with Gasteiger partial charge in [0.1, 0.15) is 11.8 Å². The van der Waals surface area contributed by atoms with Crippen molar-refractivity contribution in [1.82, 2.24) is 4.98 Å². The van der Waals surface area contributed by atoms with Crippen molar-refractivity contribution in [3.63, 3.8) is 0 Å². The Labute approximate surface area is 83.8 Å². The number of rotatable bonds is 3. The molecule has 0 bridgehead atoms. The lowest BCUT2D eigenvalue weighted by atomic mass is 10.1. The largest absolute Gasteiger partial charge is 0.481 e. The predicted octanol–water partition coefficient (Wildman–Crippen LogP) is 1.52. The molecule has 0 spiro atoms. The summed E-state index contributed by atoms with van der Waals surface area (Å²) in [7, 11) is 0. The molecule has 78 valence electrons. The highest BCUT2D eigenvalue weighted by atomic mass is 19.3. The van der Waals surface area contributed by atoms with Crippen molar-refractivity contribution < 1.29 is 18.7 Å². The molecule has 0 saturated heterocycles. The smallest absolute Gasteiger partial charge is 0.307 e. The van der Waals surface area contributed by atoms with Crippen LogP contribution in [0.5, 0.6) is 0 Å². The van der Waals surface area contributed by atoms with Gasteiger partial charge >= 0.3 is 5.97 Å². The quantitative estimate of drug-likeness (QED) is 0.824. The molecular formula is C9H6F2N2O2. The summed E-state index contributed by atoms with van der Waals surface area (Å²) in [6.45, 7) is 0. The average molecular weight is 212 g/mol. The van der Waals surface area contributed by atoms with E-state index < -0.39 is 24.4 Å². The lowest BCUT2D eigenvalue weighted by Gasteiger charge is -2.05. The van der Waals surface area contributed by atoms with Gasteiger partial charge in [-0.15, -0.1) is 0 Å². The van der Waals surface area contributed by atoms with Gasteiger partial charge < -0.3 is 5.11 Å². The van der Waals surface area contributed by atoms with E-state index in [1.807, 2.05) is 0 Å².